The van der Waals surface area contributed by atoms with E-state index >= 15 is 0 Å². The Morgan fingerprint density at radius 2 is 2.12 bits per heavy atom. The van der Waals surface area contributed by atoms with E-state index in [2.05, 4.69) is 5.32 Å². The zero-order valence-corrected chi connectivity index (χ0v) is 9.14. The van der Waals surface area contributed by atoms with Crippen LogP contribution in [0.2, 0.25) is 0 Å². The number of hydrogen-bond donors (Lipinski definition) is 1. The lowest BCUT2D eigenvalue weighted by Gasteiger charge is -2.34. The van der Waals surface area contributed by atoms with Gasteiger partial charge < -0.3 is 9.73 Å². The molecule has 1 saturated carbocycles. The van der Waals surface area contributed by atoms with Crippen molar-refractivity contribution < 1.29 is 18.0 Å². The highest BCUT2D eigenvalue weighted by Gasteiger charge is 2.46. The largest absolute Gasteiger partial charge is 0.456 e. The first-order valence-electron chi connectivity index (χ1n) is 5.13. The number of rotatable bonds is 2. The van der Waals surface area contributed by atoms with Gasteiger partial charge in [0.1, 0.15) is 5.76 Å². The number of furan rings is 1. The van der Waals surface area contributed by atoms with E-state index in [0.717, 1.165) is 5.56 Å². The second kappa shape index (κ2) is 3.57. The third kappa shape index (κ3) is 2.08. The fourth-order valence-corrected chi connectivity index (χ4v) is 1.70. The predicted molar refractivity (Wildman–Crippen MR) is 53.6 cm³/mol. The van der Waals surface area contributed by atoms with Crippen molar-refractivity contribution in [3.63, 3.8) is 0 Å². The fourth-order valence-electron chi connectivity index (χ4n) is 1.70. The van der Waals surface area contributed by atoms with Crippen LogP contribution in [0.1, 0.15) is 34.7 Å². The minimum absolute atomic E-state index is 0.185. The lowest BCUT2D eigenvalue weighted by molar-refractivity contribution is -0.0902. The van der Waals surface area contributed by atoms with Crippen molar-refractivity contribution in [3.8, 4) is 0 Å². The van der Waals surface area contributed by atoms with E-state index in [1.807, 2.05) is 6.92 Å². The maximum Gasteiger partial charge on any atom is 0.287 e. The number of amides is 1. The van der Waals surface area contributed by atoms with Crippen LogP contribution in [0.25, 0.3) is 0 Å². The van der Waals surface area contributed by atoms with Crippen molar-refractivity contribution in [1.29, 1.82) is 0 Å². The Labute approximate surface area is 91.8 Å². The maximum absolute atomic E-state index is 12.5. The standard InChI is InChI=1S/C11H13F2NO2/c1-6-3-9(16-7(6)2)10(15)14-8-4-11(12,13)5-8/h3,8H,4-5H2,1-2H3,(H,14,15). The molecule has 1 aromatic rings. The van der Waals surface area contributed by atoms with Crippen LogP contribution < -0.4 is 5.32 Å². The van der Waals surface area contributed by atoms with Crippen molar-refractivity contribution in [1.82, 2.24) is 5.32 Å². The highest BCUT2D eigenvalue weighted by molar-refractivity contribution is 5.92. The van der Waals surface area contributed by atoms with Gasteiger partial charge in [-0.25, -0.2) is 8.78 Å². The van der Waals surface area contributed by atoms with Gasteiger partial charge in [-0.15, -0.1) is 0 Å². The highest BCUT2D eigenvalue weighted by atomic mass is 19.3. The molecule has 0 saturated heterocycles. The summed E-state index contributed by atoms with van der Waals surface area (Å²) in [5.74, 6) is -2.18. The van der Waals surface area contributed by atoms with E-state index in [4.69, 9.17) is 4.42 Å². The summed E-state index contributed by atoms with van der Waals surface area (Å²) in [5, 5.41) is 2.52. The normalized spacial score (nSPS) is 19.2. The number of alkyl halides is 2. The van der Waals surface area contributed by atoms with Crippen LogP contribution in [0, 0.1) is 13.8 Å². The molecule has 0 bridgehead atoms. The predicted octanol–water partition coefficient (Wildman–Crippen LogP) is 2.42. The summed E-state index contributed by atoms with van der Waals surface area (Å²) in [6.45, 7) is 3.58. The Bertz CT molecular complexity index is 398. The molecule has 3 nitrogen and oxygen atoms in total. The second-order valence-corrected chi connectivity index (χ2v) is 4.28. The van der Waals surface area contributed by atoms with E-state index < -0.39 is 17.9 Å². The van der Waals surface area contributed by atoms with Gasteiger partial charge in [0, 0.05) is 18.9 Å². The molecule has 0 aromatic carbocycles. The van der Waals surface area contributed by atoms with E-state index in [1.54, 1.807) is 13.0 Å². The Hall–Kier alpha value is -1.39. The van der Waals surface area contributed by atoms with Gasteiger partial charge in [-0.1, -0.05) is 0 Å². The van der Waals surface area contributed by atoms with Crippen LogP contribution in [0.3, 0.4) is 0 Å². The van der Waals surface area contributed by atoms with Gasteiger partial charge >= 0.3 is 0 Å². The van der Waals surface area contributed by atoms with Gasteiger partial charge in [0.25, 0.3) is 11.8 Å². The van der Waals surface area contributed by atoms with E-state index in [9.17, 15) is 13.6 Å². The molecule has 1 fully saturated rings. The smallest absolute Gasteiger partial charge is 0.287 e. The van der Waals surface area contributed by atoms with Crippen LogP contribution in [-0.2, 0) is 0 Å². The van der Waals surface area contributed by atoms with Crippen LogP contribution >= 0.6 is 0 Å². The number of hydrogen-bond acceptors (Lipinski definition) is 2. The van der Waals surface area contributed by atoms with E-state index in [-0.39, 0.29) is 18.6 Å². The molecule has 88 valence electrons. The van der Waals surface area contributed by atoms with Gasteiger partial charge in [0.05, 0.1) is 0 Å². The molecule has 0 aliphatic heterocycles. The zero-order valence-electron chi connectivity index (χ0n) is 9.14. The molecular formula is C11H13F2NO2. The molecule has 5 heteroatoms. The van der Waals surface area contributed by atoms with Crippen LogP contribution in [0.15, 0.2) is 10.5 Å². The third-order valence-corrected chi connectivity index (χ3v) is 2.82. The van der Waals surface area contributed by atoms with Gasteiger partial charge in [0.2, 0.25) is 0 Å². The average molecular weight is 229 g/mol. The molecule has 1 aliphatic carbocycles. The quantitative estimate of drug-likeness (QED) is 0.846. The summed E-state index contributed by atoms with van der Waals surface area (Å²) >= 11 is 0. The molecule has 1 amide bonds. The number of aryl methyl sites for hydroxylation is 2. The molecule has 0 spiro atoms. The summed E-state index contributed by atoms with van der Waals surface area (Å²) in [6, 6.07) is 1.18. The average Bonchev–Trinajstić information content (AvgIpc) is 2.44. The van der Waals surface area contributed by atoms with Gasteiger partial charge in [-0.05, 0) is 25.5 Å². The zero-order chi connectivity index (χ0) is 11.9. The number of halogens is 2. The van der Waals surface area contributed by atoms with Gasteiger partial charge in [0.15, 0.2) is 5.76 Å². The Morgan fingerprint density at radius 3 is 2.56 bits per heavy atom. The third-order valence-electron chi connectivity index (χ3n) is 2.82. The first-order valence-corrected chi connectivity index (χ1v) is 5.13. The Morgan fingerprint density at radius 1 is 1.50 bits per heavy atom. The van der Waals surface area contributed by atoms with Crippen LogP contribution in [0.5, 0.6) is 0 Å². The van der Waals surface area contributed by atoms with Crippen LogP contribution in [-0.4, -0.2) is 17.9 Å². The number of carbonyl (C=O) groups excluding carboxylic acids is 1. The molecule has 0 atom stereocenters. The van der Waals surface area contributed by atoms with Crippen molar-refractivity contribution in [2.45, 2.75) is 38.7 Å². The molecule has 1 aromatic heterocycles. The fraction of sp³-hybridized carbons (Fsp3) is 0.545. The number of nitrogens with one attached hydrogen (secondary N) is 1. The minimum atomic E-state index is -2.62. The summed E-state index contributed by atoms with van der Waals surface area (Å²) in [4.78, 5) is 11.6. The van der Waals surface area contributed by atoms with Crippen molar-refractivity contribution in [3.05, 3.63) is 23.2 Å². The molecule has 0 unspecified atom stereocenters. The van der Waals surface area contributed by atoms with Crippen molar-refractivity contribution in [2.24, 2.45) is 0 Å². The summed E-state index contributed by atoms with van der Waals surface area (Å²) in [5.41, 5.74) is 0.879. The maximum atomic E-state index is 12.5. The molecule has 1 heterocycles. The van der Waals surface area contributed by atoms with Gasteiger partial charge in [-0.2, -0.15) is 0 Å². The van der Waals surface area contributed by atoms with Crippen LogP contribution in [0.4, 0.5) is 8.78 Å². The molecule has 2 rings (SSSR count). The highest BCUT2D eigenvalue weighted by Crippen LogP contribution is 2.37. The van der Waals surface area contributed by atoms with Crippen molar-refractivity contribution >= 4 is 5.91 Å². The van der Waals surface area contributed by atoms with E-state index in [0.29, 0.717) is 5.76 Å². The Balaban J connectivity index is 1.94. The van der Waals surface area contributed by atoms with Crippen molar-refractivity contribution in [2.75, 3.05) is 0 Å². The van der Waals surface area contributed by atoms with Gasteiger partial charge in [-0.3, -0.25) is 4.79 Å². The molecule has 0 radical (unpaired) electrons. The molecular weight excluding hydrogens is 216 g/mol. The second-order valence-electron chi connectivity index (χ2n) is 4.28. The lowest BCUT2D eigenvalue weighted by atomic mass is 9.88. The topological polar surface area (TPSA) is 42.2 Å². The summed E-state index contributed by atoms with van der Waals surface area (Å²) in [7, 11) is 0. The number of carbonyl (C=O) groups is 1. The first kappa shape index (κ1) is 11.1. The monoisotopic (exact) mass is 229 g/mol. The molecule has 1 aliphatic rings. The SMILES string of the molecule is Cc1cc(C(=O)NC2CC(F)(F)C2)oc1C. The molecule has 16 heavy (non-hydrogen) atoms. The summed E-state index contributed by atoms with van der Waals surface area (Å²) < 4.78 is 30.3. The summed E-state index contributed by atoms with van der Waals surface area (Å²) in [6.07, 6.45) is -0.561. The van der Waals surface area contributed by atoms with E-state index in [1.165, 1.54) is 0 Å². The molecule has 1 N–H and O–H groups in total. The lowest BCUT2D eigenvalue weighted by Crippen LogP contribution is -2.50. The minimum Gasteiger partial charge on any atom is -0.456 e. The first-order chi connectivity index (χ1) is 7.37. The Kier molecular flexibility index (Phi) is 2.48.